The van der Waals surface area contributed by atoms with Crippen LogP contribution in [0.25, 0.3) is 0 Å². The van der Waals surface area contributed by atoms with Crippen molar-refractivity contribution >= 4 is 5.91 Å². The molecule has 0 saturated heterocycles. The molecule has 0 bridgehead atoms. The molecular formula is C14H18N4O. The molecule has 0 atom stereocenters. The summed E-state index contributed by atoms with van der Waals surface area (Å²) in [7, 11) is 0. The zero-order chi connectivity index (χ0) is 13.7. The van der Waals surface area contributed by atoms with Crippen molar-refractivity contribution in [2.45, 2.75) is 38.3 Å². The smallest absolute Gasteiger partial charge is 0.220 e. The van der Waals surface area contributed by atoms with E-state index in [0.29, 0.717) is 18.3 Å². The summed E-state index contributed by atoms with van der Waals surface area (Å²) in [6, 6.07) is 6.23. The second kappa shape index (κ2) is 6.30. The van der Waals surface area contributed by atoms with E-state index in [2.05, 4.69) is 16.4 Å². The maximum Gasteiger partial charge on any atom is 0.220 e. The number of amides is 1. The summed E-state index contributed by atoms with van der Waals surface area (Å²) in [5, 5.41) is 12.4. The molecule has 1 saturated carbocycles. The maximum atomic E-state index is 11.1. The molecule has 0 aliphatic heterocycles. The van der Waals surface area contributed by atoms with Crippen molar-refractivity contribution in [2.75, 3.05) is 0 Å². The predicted octanol–water partition coefficient (Wildman–Crippen LogP) is 1.09. The number of nitriles is 1. The molecule has 0 spiro atoms. The number of rotatable bonds is 4. The number of primary amides is 1. The molecule has 1 aliphatic rings. The number of nitrogens with one attached hydrogen (secondary N) is 1. The van der Waals surface area contributed by atoms with Crippen LogP contribution >= 0.6 is 0 Å². The first kappa shape index (κ1) is 13.5. The molecule has 2 rings (SSSR count). The fourth-order valence-electron chi connectivity index (χ4n) is 2.52. The van der Waals surface area contributed by atoms with Crippen LogP contribution in [0.5, 0.6) is 0 Å². The van der Waals surface area contributed by atoms with Gasteiger partial charge in [0.1, 0.15) is 11.8 Å². The number of nitrogens with two attached hydrogens (primary N) is 1. The molecular weight excluding hydrogens is 240 g/mol. The number of carbonyl (C=O) groups is 1. The lowest BCUT2D eigenvalue weighted by Gasteiger charge is -2.27. The average molecular weight is 258 g/mol. The van der Waals surface area contributed by atoms with Crippen LogP contribution in [0.4, 0.5) is 0 Å². The van der Waals surface area contributed by atoms with Crippen LogP contribution in [-0.4, -0.2) is 16.9 Å². The van der Waals surface area contributed by atoms with Gasteiger partial charge in [-0.3, -0.25) is 4.79 Å². The molecule has 3 N–H and O–H groups in total. The fourth-order valence-corrected chi connectivity index (χ4v) is 2.52. The van der Waals surface area contributed by atoms with Gasteiger partial charge in [-0.15, -0.1) is 0 Å². The molecule has 1 aromatic rings. The normalized spacial score (nSPS) is 22.7. The van der Waals surface area contributed by atoms with Gasteiger partial charge >= 0.3 is 0 Å². The minimum Gasteiger partial charge on any atom is -0.369 e. The quantitative estimate of drug-likeness (QED) is 0.845. The number of nitrogens with zero attached hydrogens (tertiary/aromatic N) is 2. The van der Waals surface area contributed by atoms with Crippen LogP contribution in [0.15, 0.2) is 18.3 Å². The van der Waals surface area contributed by atoms with Gasteiger partial charge in [0, 0.05) is 30.3 Å². The Kier molecular flexibility index (Phi) is 4.48. The zero-order valence-corrected chi connectivity index (χ0v) is 10.8. The molecule has 1 fully saturated rings. The first-order valence-electron chi connectivity index (χ1n) is 6.57. The second-order valence-corrected chi connectivity index (χ2v) is 4.95. The van der Waals surface area contributed by atoms with Crippen LogP contribution in [-0.2, 0) is 11.3 Å². The van der Waals surface area contributed by atoms with Crippen molar-refractivity contribution in [3.05, 3.63) is 29.6 Å². The third-order valence-electron chi connectivity index (χ3n) is 3.71. The van der Waals surface area contributed by atoms with Crippen molar-refractivity contribution < 1.29 is 4.79 Å². The lowest BCUT2D eigenvalue weighted by atomic mass is 9.85. The SMILES string of the molecule is N#Cc1ncccc1CNC1CCC(C(N)=O)CC1. The lowest BCUT2D eigenvalue weighted by Crippen LogP contribution is -2.36. The van der Waals surface area contributed by atoms with E-state index in [9.17, 15) is 4.79 Å². The van der Waals surface area contributed by atoms with Crippen molar-refractivity contribution in [1.82, 2.24) is 10.3 Å². The van der Waals surface area contributed by atoms with E-state index in [1.54, 1.807) is 6.20 Å². The molecule has 0 unspecified atom stereocenters. The van der Waals surface area contributed by atoms with Crippen molar-refractivity contribution in [3.8, 4) is 6.07 Å². The Hall–Kier alpha value is -1.93. The summed E-state index contributed by atoms with van der Waals surface area (Å²) < 4.78 is 0. The van der Waals surface area contributed by atoms with Gasteiger partial charge in [0.15, 0.2) is 0 Å². The van der Waals surface area contributed by atoms with E-state index < -0.39 is 0 Å². The van der Waals surface area contributed by atoms with Gasteiger partial charge in [-0.1, -0.05) is 6.07 Å². The van der Waals surface area contributed by atoms with Gasteiger partial charge in [0.2, 0.25) is 5.91 Å². The maximum absolute atomic E-state index is 11.1. The molecule has 5 heteroatoms. The fraction of sp³-hybridized carbons (Fsp3) is 0.500. The second-order valence-electron chi connectivity index (χ2n) is 4.95. The van der Waals surface area contributed by atoms with Gasteiger partial charge in [-0.2, -0.15) is 5.26 Å². The topological polar surface area (TPSA) is 91.8 Å². The van der Waals surface area contributed by atoms with Crippen LogP contribution < -0.4 is 11.1 Å². The largest absolute Gasteiger partial charge is 0.369 e. The molecule has 100 valence electrons. The summed E-state index contributed by atoms with van der Waals surface area (Å²) in [5.74, 6) is -0.149. The van der Waals surface area contributed by atoms with Gasteiger partial charge < -0.3 is 11.1 Å². The van der Waals surface area contributed by atoms with E-state index >= 15 is 0 Å². The summed E-state index contributed by atoms with van der Waals surface area (Å²) in [5.41, 5.74) is 6.70. The standard InChI is InChI=1S/C14H18N4O/c15-8-13-11(2-1-7-17-13)9-18-12-5-3-10(4-6-12)14(16)19/h1-2,7,10,12,18H,3-6,9H2,(H2,16,19). The molecule has 0 radical (unpaired) electrons. The Morgan fingerprint density at radius 2 is 2.21 bits per heavy atom. The minimum atomic E-state index is -0.183. The van der Waals surface area contributed by atoms with Crippen LogP contribution in [0, 0.1) is 17.2 Å². The van der Waals surface area contributed by atoms with Gasteiger partial charge in [0.25, 0.3) is 0 Å². The first-order valence-corrected chi connectivity index (χ1v) is 6.57. The minimum absolute atomic E-state index is 0.0334. The molecule has 1 aliphatic carbocycles. The number of hydrogen-bond acceptors (Lipinski definition) is 4. The Labute approximate surface area is 112 Å². The number of aromatic nitrogens is 1. The highest BCUT2D eigenvalue weighted by Gasteiger charge is 2.24. The Morgan fingerprint density at radius 3 is 2.84 bits per heavy atom. The van der Waals surface area contributed by atoms with Crippen LogP contribution in [0.3, 0.4) is 0 Å². The Bertz CT molecular complexity index is 486. The first-order chi connectivity index (χ1) is 9.20. The van der Waals surface area contributed by atoms with Gasteiger partial charge in [0.05, 0.1) is 0 Å². The summed E-state index contributed by atoms with van der Waals surface area (Å²) in [6.07, 6.45) is 5.24. The molecule has 19 heavy (non-hydrogen) atoms. The zero-order valence-electron chi connectivity index (χ0n) is 10.8. The monoisotopic (exact) mass is 258 g/mol. The van der Waals surface area contributed by atoms with Crippen molar-refractivity contribution in [3.63, 3.8) is 0 Å². The Balaban J connectivity index is 1.84. The van der Waals surface area contributed by atoms with Crippen molar-refractivity contribution in [1.29, 1.82) is 5.26 Å². The van der Waals surface area contributed by atoms with E-state index in [-0.39, 0.29) is 11.8 Å². The van der Waals surface area contributed by atoms with Gasteiger partial charge in [-0.05, 0) is 31.7 Å². The molecule has 1 amide bonds. The molecule has 0 aromatic carbocycles. The third kappa shape index (κ3) is 3.52. The number of hydrogen-bond donors (Lipinski definition) is 2. The van der Waals surface area contributed by atoms with E-state index in [4.69, 9.17) is 11.0 Å². The third-order valence-corrected chi connectivity index (χ3v) is 3.71. The highest BCUT2D eigenvalue weighted by molar-refractivity contribution is 5.76. The van der Waals surface area contributed by atoms with E-state index in [0.717, 1.165) is 31.2 Å². The summed E-state index contributed by atoms with van der Waals surface area (Å²) in [6.45, 7) is 0.642. The highest BCUT2D eigenvalue weighted by atomic mass is 16.1. The highest BCUT2D eigenvalue weighted by Crippen LogP contribution is 2.24. The molecule has 1 aromatic heterocycles. The molecule has 5 nitrogen and oxygen atoms in total. The number of pyridine rings is 1. The molecule has 1 heterocycles. The number of carbonyl (C=O) groups excluding carboxylic acids is 1. The van der Waals surface area contributed by atoms with Crippen LogP contribution in [0.1, 0.15) is 36.9 Å². The summed E-state index contributed by atoms with van der Waals surface area (Å²) in [4.78, 5) is 15.1. The lowest BCUT2D eigenvalue weighted by molar-refractivity contribution is -0.122. The summed E-state index contributed by atoms with van der Waals surface area (Å²) >= 11 is 0. The Morgan fingerprint density at radius 1 is 1.47 bits per heavy atom. The van der Waals surface area contributed by atoms with Crippen molar-refractivity contribution in [2.24, 2.45) is 11.7 Å². The van der Waals surface area contributed by atoms with E-state index in [1.807, 2.05) is 12.1 Å². The predicted molar refractivity (Wildman–Crippen MR) is 70.7 cm³/mol. The van der Waals surface area contributed by atoms with Crippen LogP contribution in [0.2, 0.25) is 0 Å². The van der Waals surface area contributed by atoms with Gasteiger partial charge in [-0.25, -0.2) is 4.98 Å². The average Bonchev–Trinajstić information content (AvgIpc) is 2.45. The van der Waals surface area contributed by atoms with E-state index in [1.165, 1.54) is 0 Å².